The summed E-state index contributed by atoms with van der Waals surface area (Å²) in [6.07, 6.45) is 5.58. The average molecular weight is 223 g/mol. The van der Waals surface area contributed by atoms with Crippen LogP contribution in [0, 0.1) is 0 Å². The molecule has 2 aliphatic rings. The molecule has 0 amide bonds. The first-order chi connectivity index (χ1) is 8.29. The van der Waals surface area contributed by atoms with Gasteiger partial charge in [0.05, 0.1) is 5.57 Å². The Morgan fingerprint density at radius 3 is 2.18 bits per heavy atom. The smallest absolute Gasteiger partial charge is 0.198 e. The third-order valence-electron chi connectivity index (χ3n) is 2.97. The summed E-state index contributed by atoms with van der Waals surface area (Å²) in [6, 6.07) is 6.94. The van der Waals surface area contributed by atoms with Crippen LogP contribution in [0.3, 0.4) is 0 Å². The zero-order valence-corrected chi connectivity index (χ0v) is 9.01. The van der Waals surface area contributed by atoms with Crippen LogP contribution in [0.5, 0.6) is 0 Å². The molecule has 0 saturated heterocycles. The molecule has 3 heteroatoms. The molecule has 17 heavy (non-hydrogen) atoms. The van der Waals surface area contributed by atoms with Gasteiger partial charge >= 0.3 is 0 Å². The van der Waals surface area contributed by atoms with Gasteiger partial charge in [0.15, 0.2) is 11.6 Å². The number of ketones is 2. The molecule has 1 heterocycles. The monoisotopic (exact) mass is 223 g/mol. The van der Waals surface area contributed by atoms with Crippen LogP contribution in [0.1, 0.15) is 27.1 Å². The van der Waals surface area contributed by atoms with Crippen molar-refractivity contribution in [3.8, 4) is 0 Å². The molecule has 0 bridgehead atoms. The summed E-state index contributed by atoms with van der Waals surface area (Å²) >= 11 is 0. The first-order valence-electron chi connectivity index (χ1n) is 5.39. The minimum absolute atomic E-state index is 0.166. The van der Waals surface area contributed by atoms with Crippen molar-refractivity contribution < 1.29 is 9.59 Å². The molecule has 1 aliphatic carbocycles. The summed E-state index contributed by atoms with van der Waals surface area (Å²) in [4.78, 5) is 28.2. The second kappa shape index (κ2) is 3.63. The van der Waals surface area contributed by atoms with Crippen molar-refractivity contribution in [3.63, 3.8) is 0 Å². The fourth-order valence-corrected chi connectivity index (χ4v) is 2.14. The molecule has 0 fully saturated rings. The SMILES string of the molecule is O=C1C(=C2C=CN=CC2)C(=O)c2ccccc21. The van der Waals surface area contributed by atoms with Gasteiger partial charge in [-0.05, 0) is 11.6 Å². The lowest BCUT2D eigenvalue weighted by Crippen LogP contribution is -2.06. The highest BCUT2D eigenvalue weighted by Gasteiger charge is 2.34. The standard InChI is InChI=1S/C14H9NO2/c16-13-10-3-1-2-4-11(10)14(17)12(13)9-5-7-15-8-6-9/h1-5,7-8H,6H2. The number of carbonyl (C=O) groups excluding carboxylic acids is 2. The highest BCUT2D eigenvalue weighted by Crippen LogP contribution is 2.30. The van der Waals surface area contributed by atoms with E-state index in [0.717, 1.165) is 5.57 Å². The second-order valence-corrected chi connectivity index (χ2v) is 3.96. The molecule has 0 spiro atoms. The third kappa shape index (κ3) is 1.40. The fourth-order valence-electron chi connectivity index (χ4n) is 2.14. The van der Waals surface area contributed by atoms with Gasteiger partial charge in [0, 0.05) is 30.0 Å². The first kappa shape index (κ1) is 9.90. The Morgan fingerprint density at radius 1 is 1.00 bits per heavy atom. The molecule has 0 unspecified atom stereocenters. The van der Waals surface area contributed by atoms with Crippen LogP contribution >= 0.6 is 0 Å². The Bertz CT molecular complexity index is 584. The molecular weight excluding hydrogens is 214 g/mol. The third-order valence-corrected chi connectivity index (χ3v) is 2.97. The largest absolute Gasteiger partial charge is 0.288 e. The van der Waals surface area contributed by atoms with Gasteiger partial charge < -0.3 is 0 Å². The zero-order chi connectivity index (χ0) is 11.8. The number of Topliss-reactive ketones (excluding diaryl/α,β-unsaturated/α-hetero) is 2. The lowest BCUT2D eigenvalue weighted by Gasteiger charge is -2.04. The lowest BCUT2D eigenvalue weighted by atomic mass is 10.0. The maximum absolute atomic E-state index is 12.1. The maximum Gasteiger partial charge on any atom is 0.198 e. The number of allylic oxidation sites excluding steroid dienone is 3. The molecular formula is C14H9NO2. The highest BCUT2D eigenvalue weighted by molar-refractivity contribution is 6.40. The number of hydrogen-bond donors (Lipinski definition) is 0. The van der Waals surface area contributed by atoms with E-state index in [1.807, 2.05) is 0 Å². The van der Waals surface area contributed by atoms with Gasteiger partial charge in [-0.15, -0.1) is 0 Å². The molecule has 0 atom stereocenters. The highest BCUT2D eigenvalue weighted by atomic mass is 16.2. The topological polar surface area (TPSA) is 46.5 Å². The van der Waals surface area contributed by atoms with Crippen LogP contribution in [0.15, 0.2) is 52.7 Å². The molecule has 1 aromatic rings. The van der Waals surface area contributed by atoms with Crippen molar-refractivity contribution in [3.05, 3.63) is 58.8 Å². The van der Waals surface area contributed by atoms with Gasteiger partial charge in [0.25, 0.3) is 0 Å². The fraction of sp³-hybridized carbons (Fsp3) is 0.0714. The van der Waals surface area contributed by atoms with Gasteiger partial charge in [-0.2, -0.15) is 0 Å². The van der Waals surface area contributed by atoms with Crippen molar-refractivity contribution >= 4 is 17.8 Å². The van der Waals surface area contributed by atoms with Crippen LogP contribution in [0.4, 0.5) is 0 Å². The summed E-state index contributed by atoms with van der Waals surface area (Å²) in [5.41, 5.74) is 2.08. The summed E-state index contributed by atoms with van der Waals surface area (Å²) in [5, 5.41) is 0. The van der Waals surface area contributed by atoms with E-state index >= 15 is 0 Å². The Hall–Kier alpha value is -2.29. The number of hydrogen-bond acceptors (Lipinski definition) is 3. The Morgan fingerprint density at radius 2 is 1.65 bits per heavy atom. The minimum atomic E-state index is -0.166. The minimum Gasteiger partial charge on any atom is -0.288 e. The van der Waals surface area contributed by atoms with E-state index in [9.17, 15) is 9.59 Å². The Labute approximate surface area is 98.2 Å². The molecule has 0 saturated carbocycles. The van der Waals surface area contributed by atoms with Crippen molar-refractivity contribution in [1.29, 1.82) is 0 Å². The molecule has 3 nitrogen and oxygen atoms in total. The summed E-state index contributed by atoms with van der Waals surface area (Å²) in [5.74, 6) is -0.332. The van der Waals surface area contributed by atoms with E-state index < -0.39 is 0 Å². The average Bonchev–Trinajstić information content (AvgIpc) is 2.64. The van der Waals surface area contributed by atoms with Crippen molar-refractivity contribution in [2.24, 2.45) is 4.99 Å². The number of rotatable bonds is 0. The Kier molecular flexibility index (Phi) is 2.11. The van der Waals surface area contributed by atoms with Crippen molar-refractivity contribution in [1.82, 2.24) is 0 Å². The molecule has 0 aromatic heterocycles. The quantitative estimate of drug-likeness (QED) is 0.500. The van der Waals surface area contributed by atoms with Gasteiger partial charge in [0.1, 0.15) is 0 Å². The first-order valence-corrected chi connectivity index (χ1v) is 5.39. The number of aliphatic imine (C=N–C) groups is 1. The Balaban J connectivity index is 2.19. The van der Waals surface area contributed by atoms with E-state index in [2.05, 4.69) is 4.99 Å². The maximum atomic E-state index is 12.1. The summed E-state index contributed by atoms with van der Waals surface area (Å²) in [6.45, 7) is 0. The zero-order valence-electron chi connectivity index (χ0n) is 9.01. The van der Waals surface area contributed by atoms with Crippen LogP contribution < -0.4 is 0 Å². The van der Waals surface area contributed by atoms with E-state index in [1.54, 1.807) is 42.8 Å². The summed E-state index contributed by atoms with van der Waals surface area (Å²) < 4.78 is 0. The number of fused-ring (bicyclic) bond motifs is 1. The van der Waals surface area contributed by atoms with Crippen molar-refractivity contribution in [2.75, 3.05) is 0 Å². The van der Waals surface area contributed by atoms with E-state index in [-0.39, 0.29) is 11.6 Å². The molecule has 1 aliphatic heterocycles. The molecule has 82 valence electrons. The van der Waals surface area contributed by atoms with Crippen LogP contribution in [-0.2, 0) is 0 Å². The van der Waals surface area contributed by atoms with Crippen LogP contribution in [-0.4, -0.2) is 17.8 Å². The van der Waals surface area contributed by atoms with Gasteiger partial charge in [0.2, 0.25) is 0 Å². The molecule has 3 rings (SSSR count). The predicted molar refractivity (Wildman–Crippen MR) is 64.4 cm³/mol. The van der Waals surface area contributed by atoms with E-state index in [1.165, 1.54) is 0 Å². The van der Waals surface area contributed by atoms with E-state index in [4.69, 9.17) is 0 Å². The number of nitrogens with zero attached hydrogens (tertiary/aromatic N) is 1. The summed E-state index contributed by atoms with van der Waals surface area (Å²) in [7, 11) is 0. The lowest BCUT2D eigenvalue weighted by molar-refractivity contribution is 0.0987. The van der Waals surface area contributed by atoms with Crippen molar-refractivity contribution in [2.45, 2.75) is 6.42 Å². The van der Waals surface area contributed by atoms with Gasteiger partial charge in [-0.3, -0.25) is 14.6 Å². The van der Waals surface area contributed by atoms with Crippen LogP contribution in [0.2, 0.25) is 0 Å². The predicted octanol–water partition coefficient (Wildman–Crippen LogP) is 2.35. The second-order valence-electron chi connectivity index (χ2n) is 3.96. The number of benzene rings is 1. The normalized spacial score (nSPS) is 17.9. The van der Waals surface area contributed by atoms with Crippen LogP contribution in [0.25, 0.3) is 0 Å². The van der Waals surface area contributed by atoms with Gasteiger partial charge in [-0.1, -0.05) is 24.3 Å². The molecule has 0 radical (unpaired) electrons. The van der Waals surface area contributed by atoms with E-state index in [0.29, 0.717) is 23.1 Å². The molecule has 0 N–H and O–H groups in total. The molecule has 1 aromatic carbocycles. The number of carbonyl (C=O) groups is 2. The van der Waals surface area contributed by atoms with Gasteiger partial charge in [-0.25, -0.2) is 0 Å².